The molecule has 88 valence electrons. The molecule has 1 aliphatic rings. The summed E-state index contributed by atoms with van der Waals surface area (Å²) in [6.07, 6.45) is 5.51. The number of hydrogen-bond donors (Lipinski definition) is 1. The molecule has 1 heterocycles. The van der Waals surface area contributed by atoms with Crippen molar-refractivity contribution in [1.29, 1.82) is 0 Å². The van der Waals surface area contributed by atoms with Crippen LogP contribution in [0.3, 0.4) is 0 Å². The Bertz CT molecular complexity index is 447. The molecule has 1 fully saturated rings. The number of anilines is 1. The van der Waals surface area contributed by atoms with Crippen molar-refractivity contribution in [1.82, 2.24) is 0 Å². The Balaban J connectivity index is 2.08. The van der Waals surface area contributed by atoms with Crippen molar-refractivity contribution in [3.63, 3.8) is 0 Å². The average Bonchev–Trinajstić information content (AvgIpc) is 2.66. The van der Waals surface area contributed by atoms with Crippen LogP contribution < -0.4 is 15.4 Å². The van der Waals surface area contributed by atoms with Gasteiger partial charge in [-0.1, -0.05) is 5.92 Å². The van der Waals surface area contributed by atoms with Crippen LogP contribution in [-0.4, -0.2) is 25.1 Å². The van der Waals surface area contributed by atoms with Crippen molar-refractivity contribution in [3.05, 3.63) is 24.3 Å². The van der Waals surface area contributed by atoms with Crippen LogP contribution in [0.5, 0.6) is 5.75 Å². The standard InChI is InChI=1S/C13H14N2O2/c1-2-7-17-12-5-3-11(4-6-12)15-9-10(14)8-13(15)16/h1,3-6,10H,7-9,14H2. The van der Waals surface area contributed by atoms with Gasteiger partial charge in [-0.3, -0.25) is 4.79 Å². The summed E-state index contributed by atoms with van der Waals surface area (Å²) in [6, 6.07) is 7.19. The number of rotatable bonds is 3. The van der Waals surface area contributed by atoms with Gasteiger partial charge < -0.3 is 15.4 Å². The number of benzene rings is 1. The summed E-state index contributed by atoms with van der Waals surface area (Å²) < 4.78 is 5.26. The SMILES string of the molecule is C#CCOc1ccc(N2CC(N)CC2=O)cc1. The minimum absolute atomic E-state index is 0.0646. The zero-order chi connectivity index (χ0) is 12.3. The summed E-state index contributed by atoms with van der Waals surface area (Å²) in [7, 11) is 0. The van der Waals surface area contributed by atoms with Crippen molar-refractivity contribution in [3.8, 4) is 18.1 Å². The summed E-state index contributed by atoms with van der Waals surface area (Å²) in [6.45, 7) is 0.816. The number of ether oxygens (including phenoxy) is 1. The molecule has 1 saturated heterocycles. The van der Waals surface area contributed by atoms with Gasteiger partial charge in [-0.2, -0.15) is 0 Å². The number of terminal acetylenes is 1. The molecular formula is C13H14N2O2. The van der Waals surface area contributed by atoms with Gasteiger partial charge in [-0.25, -0.2) is 0 Å². The summed E-state index contributed by atoms with van der Waals surface area (Å²) in [5.74, 6) is 3.16. The number of nitrogens with two attached hydrogens (primary N) is 1. The Morgan fingerprint density at radius 1 is 1.47 bits per heavy atom. The molecule has 2 rings (SSSR count). The summed E-state index contributed by atoms with van der Waals surface area (Å²) in [5.41, 5.74) is 6.58. The molecule has 0 spiro atoms. The van der Waals surface area contributed by atoms with E-state index in [1.807, 2.05) is 12.1 Å². The molecule has 1 atom stereocenters. The van der Waals surface area contributed by atoms with E-state index in [0.717, 1.165) is 5.69 Å². The fraction of sp³-hybridized carbons (Fsp3) is 0.308. The van der Waals surface area contributed by atoms with Gasteiger partial charge in [0.15, 0.2) is 0 Å². The maximum Gasteiger partial charge on any atom is 0.228 e. The molecule has 17 heavy (non-hydrogen) atoms. The second-order valence-electron chi connectivity index (χ2n) is 3.96. The van der Waals surface area contributed by atoms with Crippen molar-refractivity contribution in [2.75, 3.05) is 18.1 Å². The lowest BCUT2D eigenvalue weighted by molar-refractivity contribution is -0.117. The second-order valence-corrected chi connectivity index (χ2v) is 3.96. The number of nitrogens with zero attached hydrogens (tertiary/aromatic N) is 1. The molecule has 1 aliphatic heterocycles. The van der Waals surface area contributed by atoms with Crippen LogP contribution in [0.2, 0.25) is 0 Å². The zero-order valence-electron chi connectivity index (χ0n) is 9.43. The largest absolute Gasteiger partial charge is 0.481 e. The molecule has 1 unspecified atom stereocenters. The minimum Gasteiger partial charge on any atom is -0.481 e. The Hall–Kier alpha value is -1.99. The summed E-state index contributed by atoms with van der Waals surface area (Å²) in [4.78, 5) is 13.3. The van der Waals surface area contributed by atoms with Crippen LogP contribution in [-0.2, 0) is 4.79 Å². The molecule has 0 radical (unpaired) electrons. The van der Waals surface area contributed by atoms with Crippen LogP contribution in [0.1, 0.15) is 6.42 Å². The predicted molar refractivity (Wildman–Crippen MR) is 65.7 cm³/mol. The van der Waals surface area contributed by atoms with Gasteiger partial charge in [0.1, 0.15) is 12.4 Å². The van der Waals surface area contributed by atoms with Crippen LogP contribution >= 0.6 is 0 Å². The quantitative estimate of drug-likeness (QED) is 0.780. The molecule has 0 bridgehead atoms. The van der Waals surface area contributed by atoms with E-state index in [4.69, 9.17) is 16.9 Å². The van der Waals surface area contributed by atoms with Crippen LogP contribution in [0.15, 0.2) is 24.3 Å². The van der Waals surface area contributed by atoms with Crippen molar-refractivity contribution in [2.45, 2.75) is 12.5 Å². The second kappa shape index (κ2) is 4.89. The lowest BCUT2D eigenvalue weighted by Crippen LogP contribution is -2.27. The third-order valence-electron chi connectivity index (χ3n) is 2.63. The fourth-order valence-electron chi connectivity index (χ4n) is 1.83. The molecule has 2 N–H and O–H groups in total. The van der Waals surface area contributed by atoms with Crippen LogP contribution in [0.25, 0.3) is 0 Å². The highest BCUT2D eigenvalue weighted by molar-refractivity contribution is 5.96. The number of carbonyl (C=O) groups excluding carboxylic acids is 1. The van der Waals surface area contributed by atoms with Gasteiger partial charge >= 0.3 is 0 Å². The maximum atomic E-state index is 11.6. The van der Waals surface area contributed by atoms with E-state index in [0.29, 0.717) is 18.7 Å². The predicted octanol–water partition coefficient (Wildman–Crippen LogP) is 0.763. The fourth-order valence-corrected chi connectivity index (χ4v) is 1.83. The lowest BCUT2D eigenvalue weighted by Gasteiger charge is -2.16. The number of hydrogen-bond acceptors (Lipinski definition) is 3. The van der Waals surface area contributed by atoms with Crippen LogP contribution in [0.4, 0.5) is 5.69 Å². The third kappa shape index (κ3) is 2.58. The third-order valence-corrected chi connectivity index (χ3v) is 2.63. The number of carbonyl (C=O) groups is 1. The van der Waals surface area contributed by atoms with Gasteiger partial charge in [-0.15, -0.1) is 6.42 Å². The molecule has 0 aliphatic carbocycles. The molecule has 1 amide bonds. The van der Waals surface area contributed by atoms with E-state index >= 15 is 0 Å². The lowest BCUT2D eigenvalue weighted by atomic mass is 10.3. The summed E-state index contributed by atoms with van der Waals surface area (Å²) >= 11 is 0. The summed E-state index contributed by atoms with van der Waals surface area (Å²) in [5, 5.41) is 0. The van der Waals surface area contributed by atoms with E-state index in [2.05, 4.69) is 5.92 Å². The topological polar surface area (TPSA) is 55.6 Å². The van der Waals surface area contributed by atoms with E-state index in [9.17, 15) is 4.79 Å². The average molecular weight is 230 g/mol. The first-order chi connectivity index (χ1) is 8.20. The van der Waals surface area contributed by atoms with Crippen molar-refractivity contribution in [2.24, 2.45) is 5.73 Å². The Morgan fingerprint density at radius 3 is 2.71 bits per heavy atom. The van der Waals surface area contributed by atoms with Gasteiger partial charge in [-0.05, 0) is 24.3 Å². The monoisotopic (exact) mass is 230 g/mol. The van der Waals surface area contributed by atoms with E-state index in [1.165, 1.54) is 0 Å². The number of amides is 1. The van der Waals surface area contributed by atoms with Gasteiger partial charge in [0, 0.05) is 24.7 Å². The van der Waals surface area contributed by atoms with Gasteiger partial charge in [0.25, 0.3) is 0 Å². The highest BCUT2D eigenvalue weighted by Crippen LogP contribution is 2.23. The normalized spacial score (nSPS) is 19.2. The van der Waals surface area contributed by atoms with Gasteiger partial charge in [0.2, 0.25) is 5.91 Å². The van der Waals surface area contributed by atoms with Gasteiger partial charge in [0.05, 0.1) is 0 Å². The zero-order valence-corrected chi connectivity index (χ0v) is 9.43. The maximum absolute atomic E-state index is 11.6. The highest BCUT2D eigenvalue weighted by Gasteiger charge is 2.27. The Morgan fingerprint density at radius 2 is 2.18 bits per heavy atom. The Kier molecular flexibility index (Phi) is 3.31. The molecule has 0 saturated carbocycles. The smallest absolute Gasteiger partial charge is 0.228 e. The van der Waals surface area contributed by atoms with E-state index in [-0.39, 0.29) is 18.6 Å². The van der Waals surface area contributed by atoms with Crippen LogP contribution in [0, 0.1) is 12.3 Å². The minimum atomic E-state index is -0.0696. The molecule has 1 aromatic rings. The molecule has 4 nitrogen and oxygen atoms in total. The molecular weight excluding hydrogens is 216 g/mol. The first-order valence-electron chi connectivity index (χ1n) is 5.43. The first kappa shape index (κ1) is 11.5. The van der Waals surface area contributed by atoms with E-state index in [1.54, 1.807) is 17.0 Å². The molecule has 4 heteroatoms. The Labute approximate surface area is 100 Å². The molecule has 1 aromatic carbocycles. The molecule has 0 aromatic heterocycles. The van der Waals surface area contributed by atoms with Crippen molar-refractivity contribution < 1.29 is 9.53 Å². The van der Waals surface area contributed by atoms with E-state index < -0.39 is 0 Å². The van der Waals surface area contributed by atoms with Crippen molar-refractivity contribution >= 4 is 11.6 Å². The first-order valence-corrected chi connectivity index (χ1v) is 5.43. The highest BCUT2D eigenvalue weighted by atomic mass is 16.5.